The van der Waals surface area contributed by atoms with Gasteiger partial charge in [-0.1, -0.05) is 18.2 Å². The van der Waals surface area contributed by atoms with E-state index in [-0.39, 0.29) is 17.2 Å². The largest absolute Gasteiger partial charge is 0.497 e. The fraction of sp³-hybridized carbons (Fsp3) is 0.316. The third-order valence-corrected chi connectivity index (χ3v) is 6.00. The summed E-state index contributed by atoms with van der Waals surface area (Å²) in [5.41, 5.74) is 2.50. The number of hydrogen-bond acceptors (Lipinski definition) is 5. The smallest absolute Gasteiger partial charge is 0.247 e. The first-order chi connectivity index (χ1) is 12.7. The number of amides is 1. The van der Waals surface area contributed by atoms with Gasteiger partial charge in [0.2, 0.25) is 15.9 Å². The molecule has 0 fully saturated rings. The number of anilines is 1. The summed E-state index contributed by atoms with van der Waals surface area (Å²) in [6, 6.07) is 10.1. The van der Waals surface area contributed by atoms with Gasteiger partial charge in [0.25, 0.3) is 0 Å². The summed E-state index contributed by atoms with van der Waals surface area (Å²) in [6.45, 7) is 3.42. The van der Waals surface area contributed by atoms with Crippen LogP contribution in [0, 0.1) is 13.8 Å². The van der Waals surface area contributed by atoms with E-state index in [1.165, 1.54) is 33.4 Å². The van der Waals surface area contributed by atoms with Gasteiger partial charge in [-0.2, -0.15) is 4.31 Å². The SMILES string of the molecule is COc1ccc(OC)c(S(=O)(=O)N(C)CC(=O)Nc2c(C)cccc2C)c1. The summed E-state index contributed by atoms with van der Waals surface area (Å²) in [5, 5.41) is 2.78. The maximum atomic E-state index is 12.9. The topological polar surface area (TPSA) is 84.9 Å². The van der Waals surface area contributed by atoms with Gasteiger partial charge in [-0.15, -0.1) is 0 Å². The number of benzene rings is 2. The Kier molecular flexibility index (Phi) is 6.45. The van der Waals surface area contributed by atoms with Crippen molar-refractivity contribution < 1.29 is 22.7 Å². The lowest BCUT2D eigenvalue weighted by molar-refractivity contribution is -0.116. The predicted octanol–water partition coefficient (Wildman–Crippen LogP) is 2.58. The Balaban J connectivity index is 2.24. The number of nitrogens with zero attached hydrogens (tertiary/aromatic N) is 1. The molecule has 0 saturated heterocycles. The highest BCUT2D eigenvalue weighted by molar-refractivity contribution is 7.89. The molecule has 0 saturated carbocycles. The lowest BCUT2D eigenvalue weighted by Crippen LogP contribution is -2.35. The minimum absolute atomic E-state index is 0.0632. The number of ether oxygens (including phenoxy) is 2. The summed E-state index contributed by atoms with van der Waals surface area (Å²) in [5.74, 6) is 0.126. The number of nitrogens with one attached hydrogen (secondary N) is 1. The van der Waals surface area contributed by atoms with E-state index in [1.807, 2.05) is 32.0 Å². The summed E-state index contributed by atoms with van der Waals surface area (Å²) in [6.07, 6.45) is 0. The summed E-state index contributed by atoms with van der Waals surface area (Å²) in [4.78, 5) is 12.3. The number of methoxy groups -OCH3 is 2. The Hall–Kier alpha value is -2.58. The number of para-hydroxylation sites is 1. The molecule has 7 nitrogen and oxygen atoms in total. The van der Waals surface area contributed by atoms with E-state index in [1.54, 1.807) is 6.07 Å². The first-order valence-electron chi connectivity index (χ1n) is 8.25. The van der Waals surface area contributed by atoms with Crippen LogP contribution in [0.15, 0.2) is 41.3 Å². The average Bonchev–Trinajstić information content (AvgIpc) is 2.64. The lowest BCUT2D eigenvalue weighted by Gasteiger charge is -2.19. The molecule has 0 aliphatic heterocycles. The van der Waals surface area contributed by atoms with E-state index in [9.17, 15) is 13.2 Å². The van der Waals surface area contributed by atoms with Crippen LogP contribution in [-0.2, 0) is 14.8 Å². The highest BCUT2D eigenvalue weighted by Crippen LogP contribution is 2.30. The molecule has 27 heavy (non-hydrogen) atoms. The zero-order chi connectivity index (χ0) is 20.2. The Labute approximate surface area is 160 Å². The van der Waals surface area contributed by atoms with E-state index in [0.29, 0.717) is 11.4 Å². The van der Waals surface area contributed by atoms with Gasteiger partial charge in [0.15, 0.2) is 0 Å². The highest BCUT2D eigenvalue weighted by atomic mass is 32.2. The molecule has 0 atom stereocenters. The van der Waals surface area contributed by atoms with Crippen LogP contribution < -0.4 is 14.8 Å². The molecule has 0 aliphatic carbocycles. The van der Waals surface area contributed by atoms with E-state index in [4.69, 9.17) is 9.47 Å². The molecule has 1 amide bonds. The van der Waals surface area contributed by atoms with Gasteiger partial charge < -0.3 is 14.8 Å². The monoisotopic (exact) mass is 392 g/mol. The second-order valence-corrected chi connectivity index (χ2v) is 8.11. The van der Waals surface area contributed by atoms with Crippen molar-refractivity contribution in [2.24, 2.45) is 0 Å². The van der Waals surface area contributed by atoms with Crippen molar-refractivity contribution in [3.8, 4) is 11.5 Å². The molecular weight excluding hydrogens is 368 g/mol. The van der Waals surface area contributed by atoms with Crippen LogP contribution in [0.2, 0.25) is 0 Å². The first-order valence-corrected chi connectivity index (χ1v) is 9.69. The lowest BCUT2D eigenvalue weighted by atomic mass is 10.1. The standard InChI is InChI=1S/C19H24N2O5S/c1-13-7-6-8-14(2)19(13)20-18(22)12-21(3)27(23,24)17-11-15(25-4)9-10-16(17)26-5/h6-11H,12H2,1-5H3,(H,20,22). The second-order valence-electron chi connectivity index (χ2n) is 6.09. The molecule has 2 rings (SSSR count). The number of sulfonamides is 1. The Morgan fingerprint density at radius 1 is 1.07 bits per heavy atom. The number of aryl methyl sites for hydroxylation is 2. The fourth-order valence-electron chi connectivity index (χ4n) is 2.63. The van der Waals surface area contributed by atoms with E-state index in [2.05, 4.69) is 5.32 Å². The van der Waals surface area contributed by atoms with E-state index >= 15 is 0 Å². The van der Waals surface area contributed by atoms with Crippen LogP contribution in [0.3, 0.4) is 0 Å². The maximum Gasteiger partial charge on any atom is 0.247 e. The van der Waals surface area contributed by atoms with E-state index < -0.39 is 15.9 Å². The van der Waals surface area contributed by atoms with Gasteiger partial charge in [0, 0.05) is 18.8 Å². The summed E-state index contributed by atoms with van der Waals surface area (Å²) < 4.78 is 37.1. The zero-order valence-corrected chi connectivity index (χ0v) is 16.9. The Bertz CT molecular complexity index is 921. The quantitative estimate of drug-likeness (QED) is 0.783. The van der Waals surface area contributed by atoms with Crippen molar-refractivity contribution in [1.29, 1.82) is 0 Å². The van der Waals surface area contributed by atoms with Gasteiger partial charge >= 0.3 is 0 Å². The number of hydrogen-bond donors (Lipinski definition) is 1. The fourth-order valence-corrected chi connectivity index (χ4v) is 3.92. The predicted molar refractivity (Wildman–Crippen MR) is 104 cm³/mol. The molecule has 0 heterocycles. The third kappa shape index (κ3) is 4.58. The van der Waals surface area contributed by atoms with Crippen molar-refractivity contribution in [3.05, 3.63) is 47.5 Å². The molecule has 0 radical (unpaired) electrons. The highest BCUT2D eigenvalue weighted by Gasteiger charge is 2.27. The van der Waals surface area contributed by atoms with Crippen molar-refractivity contribution in [1.82, 2.24) is 4.31 Å². The first kappa shape index (κ1) is 20.7. The second kappa shape index (κ2) is 8.41. The maximum absolute atomic E-state index is 12.9. The van der Waals surface area contributed by atoms with Crippen molar-refractivity contribution in [2.45, 2.75) is 18.7 Å². The van der Waals surface area contributed by atoms with Crippen LogP contribution in [-0.4, -0.2) is 46.4 Å². The van der Waals surface area contributed by atoms with Crippen LogP contribution in [0.25, 0.3) is 0 Å². The van der Waals surface area contributed by atoms with Crippen molar-refractivity contribution >= 4 is 21.6 Å². The molecular formula is C19H24N2O5S. The van der Waals surface area contributed by atoms with Crippen molar-refractivity contribution in [2.75, 3.05) is 33.1 Å². The van der Waals surface area contributed by atoms with Crippen molar-refractivity contribution in [3.63, 3.8) is 0 Å². The Morgan fingerprint density at radius 3 is 2.26 bits per heavy atom. The molecule has 1 N–H and O–H groups in total. The third-order valence-electron chi connectivity index (χ3n) is 4.17. The molecule has 8 heteroatoms. The van der Waals surface area contributed by atoms with Crippen LogP contribution >= 0.6 is 0 Å². The van der Waals surface area contributed by atoms with Gasteiger partial charge in [-0.05, 0) is 37.1 Å². The Morgan fingerprint density at radius 2 is 1.70 bits per heavy atom. The molecule has 2 aromatic carbocycles. The average molecular weight is 392 g/mol. The summed E-state index contributed by atoms with van der Waals surface area (Å²) >= 11 is 0. The van der Waals surface area contributed by atoms with Crippen LogP contribution in [0.5, 0.6) is 11.5 Å². The summed E-state index contributed by atoms with van der Waals surface area (Å²) in [7, 11) is 0.219. The van der Waals surface area contributed by atoms with Crippen LogP contribution in [0.1, 0.15) is 11.1 Å². The molecule has 2 aromatic rings. The normalized spacial score (nSPS) is 11.3. The van der Waals surface area contributed by atoms with E-state index in [0.717, 1.165) is 15.4 Å². The molecule has 0 bridgehead atoms. The van der Waals surface area contributed by atoms with Gasteiger partial charge in [-0.25, -0.2) is 8.42 Å². The van der Waals surface area contributed by atoms with Gasteiger partial charge in [0.1, 0.15) is 16.4 Å². The molecule has 0 unspecified atom stereocenters. The number of rotatable bonds is 7. The van der Waals surface area contributed by atoms with Crippen LogP contribution in [0.4, 0.5) is 5.69 Å². The number of carbonyl (C=O) groups excluding carboxylic acids is 1. The minimum atomic E-state index is -3.95. The number of carbonyl (C=O) groups is 1. The zero-order valence-electron chi connectivity index (χ0n) is 16.1. The minimum Gasteiger partial charge on any atom is -0.497 e. The molecule has 0 aliphatic rings. The molecule has 0 aromatic heterocycles. The molecule has 146 valence electrons. The molecule has 0 spiro atoms. The van der Waals surface area contributed by atoms with Gasteiger partial charge in [0.05, 0.1) is 20.8 Å². The van der Waals surface area contributed by atoms with Gasteiger partial charge in [-0.3, -0.25) is 4.79 Å². The number of likely N-dealkylation sites (N-methyl/N-ethyl adjacent to an activating group) is 1.